The molecule has 6 heteroatoms. The van der Waals surface area contributed by atoms with Gasteiger partial charge in [0.15, 0.2) is 0 Å². The number of halogens is 2. The maximum Gasteiger partial charge on any atom is 0.150 e. The fourth-order valence-corrected chi connectivity index (χ4v) is 4.36. The molecule has 0 amide bonds. The normalized spacial score (nSPS) is 26.3. The summed E-state index contributed by atoms with van der Waals surface area (Å²) in [6, 6.07) is 3.26. The molecule has 21 heavy (non-hydrogen) atoms. The standard InChI is InChI=1S/C15H21F2NO2S/c1-15(18,11-6-12(16)9-13(17)7-11)10-4-3-5-14(8-10)21(2,19)20/h6-7,9-10,14H,3-5,8,18H2,1-2H3. The second-order valence-corrected chi connectivity index (χ2v) is 8.58. The largest absolute Gasteiger partial charge is 0.321 e. The molecule has 0 bridgehead atoms. The van der Waals surface area contributed by atoms with Crippen molar-refractivity contribution in [3.63, 3.8) is 0 Å². The number of hydrogen-bond acceptors (Lipinski definition) is 3. The molecule has 0 heterocycles. The van der Waals surface area contributed by atoms with Crippen molar-refractivity contribution in [1.82, 2.24) is 0 Å². The Morgan fingerprint density at radius 2 is 1.76 bits per heavy atom. The Hall–Kier alpha value is -1.01. The van der Waals surface area contributed by atoms with E-state index in [0.29, 0.717) is 18.4 Å². The molecule has 3 nitrogen and oxygen atoms in total. The van der Waals surface area contributed by atoms with Crippen LogP contribution >= 0.6 is 0 Å². The third-order valence-electron chi connectivity index (χ3n) is 4.56. The van der Waals surface area contributed by atoms with Crippen LogP contribution in [0.1, 0.15) is 38.2 Å². The van der Waals surface area contributed by atoms with Crippen molar-refractivity contribution in [3.8, 4) is 0 Å². The van der Waals surface area contributed by atoms with E-state index < -0.39 is 32.3 Å². The van der Waals surface area contributed by atoms with E-state index in [9.17, 15) is 17.2 Å². The number of rotatable bonds is 3. The Kier molecular flexibility index (Phi) is 4.40. The maximum absolute atomic E-state index is 13.4. The van der Waals surface area contributed by atoms with E-state index in [1.54, 1.807) is 6.92 Å². The van der Waals surface area contributed by atoms with Crippen molar-refractivity contribution in [2.24, 2.45) is 11.7 Å². The minimum absolute atomic E-state index is 0.118. The van der Waals surface area contributed by atoms with Gasteiger partial charge in [-0.1, -0.05) is 6.42 Å². The van der Waals surface area contributed by atoms with E-state index in [2.05, 4.69) is 0 Å². The molecule has 1 aliphatic carbocycles. The van der Waals surface area contributed by atoms with Crippen molar-refractivity contribution >= 4 is 9.84 Å². The highest BCUT2D eigenvalue weighted by Crippen LogP contribution is 2.39. The topological polar surface area (TPSA) is 60.2 Å². The Morgan fingerprint density at radius 1 is 1.19 bits per heavy atom. The Balaban J connectivity index is 2.30. The van der Waals surface area contributed by atoms with Crippen LogP contribution in [0.15, 0.2) is 18.2 Å². The quantitative estimate of drug-likeness (QED) is 0.932. The number of hydrogen-bond donors (Lipinski definition) is 1. The first kappa shape index (κ1) is 16.4. The van der Waals surface area contributed by atoms with Gasteiger partial charge in [0.05, 0.1) is 5.25 Å². The van der Waals surface area contributed by atoms with Gasteiger partial charge in [-0.3, -0.25) is 0 Å². The highest BCUT2D eigenvalue weighted by Gasteiger charge is 2.38. The fourth-order valence-electron chi connectivity index (χ4n) is 3.18. The second-order valence-electron chi connectivity index (χ2n) is 6.26. The molecule has 3 atom stereocenters. The summed E-state index contributed by atoms with van der Waals surface area (Å²) in [5, 5.41) is -0.419. The predicted molar refractivity (Wildman–Crippen MR) is 78.5 cm³/mol. The molecule has 1 fully saturated rings. The Labute approximate surface area is 124 Å². The molecule has 1 aromatic carbocycles. The van der Waals surface area contributed by atoms with E-state index in [4.69, 9.17) is 5.73 Å². The average Bonchev–Trinajstić information content (AvgIpc) is 2.36. The molecular weight excluding hydrogens is 296 g/mol. The number of benzene rings is 1. The number of nitrogens with two attached hydrogens (primary N) is 1. The summed E-state index contributed by atoms with van der Waals surface area (Å²) in [6.45, 7) is 1.72. The van der Waals surface area contributed by atoms with Gasteiger partial charge in [-0.05, 0) is 49.8 Å². The van der Waals surface area contributed by atoms with E-state index in [1.165, 1.54) is 18.4 Å². The van der Waals surface area contributed by atoms with Gasteiger partial charge in [0.1, 0.15) is 21.5 Å². The van der Waals surface area contributed by atoms with Crippen LogP contribution in [0.2, 0.25) is 0 Å². The predicted octanol–water partition coefficient (Wildman–Crippen LogP) is 2.74. The van der Waals surface area contributed by atoms with Crippen LogP contribution in [0.5, 0.6) is 0 Å². The third kappa shape index (κ3) is 3.61. The van der Waals surface area contributed by atoms with Crippen LogP contribution in [0.4, 0.5) is 8.78 Å². The van der Waals surface area contributed by atoms with E-state index >= 15 is 0 Å². The molecule has 0 aromatic heterocycles. The van der Waals surface area contributed by atoms with Crippen molar-refractivity contribution in [3.05, 3.63) is 35.4 Å². The highest BCUT2D eigenvalue weighted by atomic mass is 32.2. The summed E-state index contributed by atoms with van der Waals surface area (Å²) in [7, 11) is -3.12. The first-order valence-corrected chi connectivity index (χ1v) is 9.00. The number of sulfone groups is 1. The van der Waals surface area contributed by atoms with Crippen molar-refractivity contribution in [1.29, 1.82) is 0 Å². The molecule has 1 aliphatic rings. The van der Waals surface area contributed by atoms with Crippen LogP contribution in [-0.4, -0.2) is 19.9 Å². The molecule has 3 unspecified atom stereocenters. The molecule has 2 N–H and O–H groups in total. The molecule has 0 radical (unpaired) electrons. The molecule has 1 aromatic rings. The van der Waals surface area contributed by atoms with Gasteiger partial charge >= 0.3 is 0 Å². The smallest absolute Gasteiger partial charge is 0.150 e. The lowest BCUT2D eigenvalue weighted by molar-refractivity contribution is 0.224. The fraction of sp³-hybridized carbons (Fsp3) is 0.600. The minimum atomic E-state index is -3.12. The van der Waals surface area contributed by atoms with E-state index in [-0.39, 0.29) is 5.92 Å². The summed E-state index contributed by atoms with van der Waals surface area (Å²) in [6.07, 6.45) is 3.81. The van der Waals surface area contributed by atoms with Crippen LogP contribution < -0.4 is 5.73 Å². The molecule has 0 spiro atoms. The monoisotopic (exact) mass is 317 g/mol. The lowest BCUT2D eigenvalue weighted by Crippen LogP contribution is -2.45. The van der Waals surface area contributed by atoms with Crippen molar-refractivity contribution in [2.75, 3.05) is 6.26 Å². The van der Waals surface area contributed by atoms with E-state index in [0.717, 1.165) is 18.9 Å². The first-order chi connectivity index (χ1) is 9.60. The summed E-state index contributed by atoms with van der Waals surface area (Å²) in [5.74, 6) is -1.46. The van der Waals surface area contributed by atoms with Crippen molar-refractivity contribution < 1.29 is 17.2 Å². The van der Waals surface area contributed by atoms with Gasteiger partial charge in [-0.25, -0.2) is 17.2 Å². The van der Waals surface area contributed by atoms with Crippen LogP contribution in [-0.2, 0) is 15.4 Å². The van der Waals surface area contributed by atoms with Crippen LogP contribution in [0, 0.1) is 17.6 Å². The summed E-state index contributed by atoms with van der Waals surface area (Å²) in [4.78, 5) is 0. The average molecular weight is 317 g/mol. The first-order valence-electron chi connectivity index (χ1n) is 7.05. The molecule has 0 aliphatic heterocycles. The zero-order valence-corrected chi connectivity index (χ0v) is 13.1. The van der Waals surface area contributed by atoms with Gasteiger partial charge in [-0.2, -0.15) is 0 Å². The summed E-state index contributed by atoms with van der Waals surface area (Å²) in [5.41, 5.74) is 5.75. The van der Waals surface area contributed by atoms with E-state index in [1.807, 2.05) is 0 Å². The summed E-state index contributed by atoms with van der Waals surface area (Å²) < 4.78 is 50.3. The minimum Gasteiger partial charge on any atom is -0.321 e. The van der Waals surface area contributed by atoms with Crippen LogP contribution in [0.3, 0.4) is 0 Å². The molecule has 0 saturated heterocycles. The Bertz CT molecular complexity index is 608. The molecule has 2 rings (SSSR count). The van der Waals surface area contributed by atoms with Gasteiger partial charge in [0.2, 0.25) is 0 Å². The highest BCUT2D eigenvalue weighted by molar-refractivity contribution is 7.91. The SMILES string of the molecule is CC(N)(c1cc(F)cc(F)c1)C1CCCC(S(C)(=O)=O)C1. The third-order valence-corrected chi connectivity index (χ3v) is 6.20. The maximum atomic E-state index is 13.4. The Morgan fingerprint density at radius 3 is 2.29 bits per heavy atom. The van der Waals surface area contributed by atoms with Crippen molar-refractivity contribution in [2.45, 2.75) is 43.4 Å². The zero-order chi connectivity index (χ0) is 15.8. The second kappa shape index (κ2) is 5.65. The van der Waals surface area contributed by atoms with Gasteiger partial charge in [0, 0.05) is 17.9 Å². The lowest BCUT2D eigenvalue weighted by Gasteiger charge is -2.39. The van der Waals surface area contributed by atoms with Gasteiger partial charge < -0.3 is 5.73 Å². The van der Waals surface area contributed by atoms with Gasteiger partial charge in [0.25, 0.3) is 0 Å². The van der Waals surface area contributed by atoms with Gasteiger partial charge in [-0.15, -0.1) is 0 Å². The van der Waals surface area contributed by atoms with Crippen LogP contribution in [0.25, 0.3) is 0 Å². The molecular formula is C15H21F2NO2S. The summed E-state index contributed by atoms with van der Waals surface area (Å²) >= 11 is 0. The molecule has 1 saturated carbocycles. The molecule has 118 valence electrons. The zero-order valence-electron chi connectivity index (χ0n) is 12.3. The lowest BCUT2D eigenvalue weighted by atomic mass is 9.72.